The molecule has 5 nitrogen and oxygen atoms in total. The molecule has 1 unspecified atom stereocenters. The fraction of sp³-hybridized carbons (Fsp3) is 1.00. The van der Waals surface area contributed by atoms with E-state index in [0.717, 1.165) is 0 Å². The minimum atomic E-state index is -0.273. The summed E-state index contributed by atoms with van der Waals surface area (Å²) in [7, 11) is 2.83. The van der Waals surface area contributed by atoms with Crippen LogP contribution in [0.15, 0.2) is 0 Å². The normalized spacial score (nSPS) is 13.3. The van der Waals surface area contributed by atoms with E-state index < -0.39 is 0 Å². The first-order valence-corrected chi connectivity index (χ1v) is 2.90. The minimum absolute atomic E-state index is 0.265. The second kappa shape index (κ2) is 7.04. The monoisotopic (exact) mass is 147 g/mol. The SMILES string of the molecule is BOOCC(CN)OOB. The molecule has 58 valence electrons. The molecule has 2 N–H and O–H groups in total. The lowest BCUT2D eigenvalue weighted by atomic mass is 10.4. The van der Waals surface area contributed by atoms with E-state index in [1.165, 1.54) is 16.1 Å². The Balaban J connectivity index is 3.21. The third-order valence-corrected chi connectivity index (χ3v) is 0.867. The van der Waals surface area contributed by atoms with Gasteiger partial charge in [0.25, 0.3) is 0 Å². The van der Waals surface area contributed by atoms with E-state index in [1.54, 1.807) is 0 Å². The summed E-state index contributed by atoms with van der Waals surface area (Å²) < 4.78 is 0. The van der Waals surface area contributed by atoms with Crippen LogP contribution in [0.4, 0.5) is 0 Å². The van der Waals surface area contributed by atoms with Gasteiger partial charge in [-0.2, -0.15) is 0 Å². The molecule has 0 saturated heterocycles. The molecule has 0 aliphatic heterocycles. The largest absolute Gasteiger partial charge is 0.328 e. The van der Waals surface area contributed by atoms with E-state index >= 15 is 0 Å². The predicted octanol–water partition coefficient (Wildman–Crippen LogP) is -2.69. The summed E-state index contributed by atoms with van der Waals surface area (Å²) in [4.78, 5) is 17.9. The maximum atomic E-state index is 5.26. The molecule has 7 heteroatoms. The molecule has 0 aromatic carbocycles. The van der Waals surface area contributed by atoms with Gasteiger partial charge in [0.1, 0.15) is 12.7 Å². The summed E-state index contributed by atoms with van der Waals surface area (Å²) >= 11 is 0. The van der Waals surface area contributed by atoms with Gasteiger partial charge < -0.3 is 15.3 Å². The molecule has 0 aliphatic rings. The Labute approximate surface area is 61.5 Å². The highest BCUT2D eigenvalue weighted by molar-refractivity contribution is 5.97. The van der Waals surface area contributed by atoms with Crippen molar-refractivity contribution in [3.63, 3.8) is 0 Å². The molecule has 10 heavy (non-hydrogen) atoms. The number of hydrogen-bond acceptors (Lipinski definition) is 5. The molecule has 0 spiro atoms. The van der Waals surface area contributed by atoms with Crippen LogP contribution in [-0.2, 0) is 19.4 Å². The minimum Gasteiger partial charge on any atom is -0.328 e. The Hall–Kier alpha value is -0.0701. The van der Waals surface area contributed by atoms with Crippen molar-refractivity contribution in [3.05, 3.63) is 0 Å². The zero-order valence-corrected chi connectivity index (χ0v) is 6.20. The molecule has 0 rings (SSSR count). The topological polar surface area (TPSA) is 62.9 Å². The highest BCUT2D eigenvalue weighted by atomic mass is 17.2. The molecular weight excluding hydrogens is 136 g/mol. The summed E-state index contributed by atoms with van der Waals surface area (Å²) in [6.45, 7) is 0.595. The lowest BCUT2D eigenvalue weighted by Crippen LogP contribution is -2.28. The van der Waals surface area contributed by atoms with E-state index in [9.17, 15) is 0 Å². The fourth-order valence-electron chi connectivity index (χ4n) is 0.415. The van der Waals surface area contributed by atoms with Crippen molar-refractivity contribution < 1.29 is 19.4 Å². The average Bonchev–Trinajstić information content (AvgIpc) is 1.98. The first-order valence-electron chi connectivity index (χ1n) is 2.90. The summed E-state index contributed by atoms with van der Waals surface area (Å²) in [6.07, 6.45) is -0.273. The first-order chi connectivity index (χ1) is 4.85. The van der Waals surface area contributed by atoms with Crippen LogP contribution in [0.1, 0.15) is 0 Å². The molecule has 0 aromatic heterocycles. The summed E-state index contributed by atoms with van der Waals surface area (Å²) in [5, 5.41) is 0. The van der Waals surface area contributed by atoms with Gasteiger partial charge in [0.2, 0.25) is 0 Å². The number of hydrogen-bond donors (Lipinski definition) is 1. The van der Waals surface area contributed by atoms with Gasteiger partial charge in [-0.3, -0.25) is 4.89 Å². The molecule has 0 fully saturated rings. The van der Waals surface area contributed by atoms with E-state index in [1.807, 2.05) is 0 Å². The van der Waals surface area contributed by atoms with Gasteiger partial charge in [0, 0.05) is 6.54 Å². The summed E-state index contributed by atoms with van der Waals surface area (Å²) in [5.74, 6) is 0. The van der Waals surface area contributed by atoms with Gasteiger partial charge in [0.15, 0.2) is 0 Å². The standard InChI is InChI=1S/C3H11B2NO4/c4-9-7-2-3(1-6)8-10-5/h3H,1-2,4-6H2. The van der Waals surface area contributed by atoms with Crippen molar-refractivity contribution in [2.24, 2.45) is 5.73 Å². The lowest BCUT2D eigenvalue weighted by molar-refractivity contribution is -0.289. The summed E-state index contributed by atoms with van der Waals surface area (Å²) in [6, 6.07) is 0. The van der Waals surface area contributed by atoms with E-state index in [4.69, 9.17) is 5.73 Å². The van der Waals surface area contributed by atoms with Crippen LogP contribution < -0.4 is 5.73 Å². The molecular formula is C3H11B2NO4. The van der Waals surface area contributed by atoms with E-state index in [2.05, 4.69) is 19.4 Å². The Morgan fingerprint density at radius 2 is 2.00 bits per heavy atom. The molecule has 0 bridgehead atoms. The van der Waals surface area contributed by atoms with Gasteiger partial charge in [-0.15, -0.1) is 0 Å². The average molecular weight is 147 g/mol. The lowest BCUT2D eigenvalue weighted by Gasteiger charge is -2.11. The molecule has 0 amide bonds. The zero-order valence-electron chi connectivity index (χ0n) is 6.20. The van der Waals surface area contributed by atoms with Gasteiger partial charge in [0.05, 0.1) is 0 Å². The van der Waals surface area contributed by atoms with Crippen LogP contribution in [-0.4, -0.2) is 35.4 Å². The van der Waals surface area contributed by atoms with Crippen LogP contribution in [0, 0.1) is 0 Å². The highest BCUT2D eigenvalue weighted by Crippen LogP contribution is 1.90. The first kappa shape index (κ1) is 9.93. The molecule has 0 heterocycles. The Morgan fingerprint density at radius 3 is 2.40 bits per heavy atom. The van der Waals surface area contributed by atoms with E-state index in [0.29, 0.717) is 6.54 Å². The van der Waals surface area contributed by atoms with Crippen molar-refractivity contribution in [3.8, 4) is 0 Å². The van der Waals surface area contributed by atoms with Gasteiger partial charge in [-0.25, -0.2) is 4.89 Å². The highest BCUT2D eigenvalue weighted by Gasteiger charge is 2.06. The maximum Gasteiger partial charge on any atom is 0.306 e. The Morgan fingerprint density at radius 1 is 1.30 bits per heavy atom. The molecule has 0 radical (unpaired) electrons. The molecule has 0 aromatic rings. The molecule has 1 atom stereocenters. The second-order valence-corrected chi connectivity index (χ2v) is 1.57. The Kier molecular flexibility index (Phi) is 6.99. The predicted molar refractivity (Wildman–Crippen MR) is 39.1 cm³/mol. The van der Waals surface area contributed by atoms with Crippen molar-refractivity contribution in [1.29, 1.82) is 0 Å². The van der Waals surface area contributed by atoms with E-state index in [-0.39, 0.29) is 12.7 Å². The quantitative estimate of drug-likeness (QED) is 0.251. The smallest absolute Gasteiger partial charge is 0.306 e. The third-order valence-electron chi connectivity index (χ3n) is 0.867. The molecule has 0 aliphatic carbocycles. The van der Waals surface area contributed by atoms with Crippen molar-refractivity contribution >= 4 is 16.1 Å². The third kappa shape index (κ3) is 4.78. The second-order valence-electron chi connectivity index (χ2n) is 1.57. The Bertz CT molecular complexity index is 75.5. The van der Waals surface area contributed by atoms with Crippen molar-refractivity contribution in [2.45, 2.75) is 6.10 Å². The number of nitrogens with two attached hydrogens (primary N) is 1. The van der Waals surface area contributed by atoms with Gasteiger partial charge in [-0.05, 0) is 0 Å². The van der Waals surface area contributed by atoms with Crippen LogP contribution in [0.2, 0.25) is 0 Å². The van der Waals surface area contributed by atoms with Gasteiger partial charge >= 0.3 is 16.1 Å². The number of rotatable bonds is 6. The van der Waals surface area contributed by atoms with Crippen LogP contribution >= 0.6 is 0 Å². The van der Waals surface area contributed by atoms with Crippen LogP contribution in [0.3, 0.4) is 0 Å². The maximum absolute atomic E-state index is 5.26. The molecule has 0 saturated carbocycles. The summed E-state index contributed by atoms with van der Waals surface area (Å²) in [5.41, 5.74) is 5.26. The zero-order chi connectivity index (χ0) is 7.82. The van der Waals surface area contributed by atoms with Crippen LogP contribution in [0.25, 0.3) is 0 Å². The van der Waals surface area contributed by atoms with Gasteiger partial charge in [-0.1, -0.05) is 0 Å². The van der Waals surface area contributed by atoms with Crippen LogP contribution in [0.5, 0.6) is 0 Å². The fourth-order valence-corrected chi connectivity index (χ4v) is 0.415. The van der Waals surface area contributed by atoms with Crippen molar-refractivity contribution in [1.82, 2.24) is 0 Å². The van der Waals surface area contributed by atoms with Crippen molar-refractivity contribution in [2.75, 3.05) is 13.2 Å².